The summed E-state index contributed by atoms with van der Waals surface area (Å²) in [4.78, 5) is 30.0. The number of nitrogens with one attached hydrogen (secondary N) is 1. The van der Waals surface area contributed by atoms with E-state index in [2.05, 4.69) is 5.09 Å². The minimum atomic E-state index is -3.57. The third kappa shape index (κ3) is 9.99. The topological polar surface area (TPSA) is 124 Å². The molecule has 0 aromatic carbocycles. The Hall–Kier alpha value is -0.910. The predicted molar refractivity (Wildman–Crippen MR) is 61.0 cm³/mol. The van der Waals surface area contributed by atoms with Crippen molar-refractivity contribution in [3.8, 4) is 0 Å². The van der Waals surface area contributed by atoms with Crippen molar-refractivity contribution in [2.75, 3.05) is 6.66 Å². The molecule has 8 heteroatoms. The molecule has 2 unspecified atom stereocenters. The fourth-order valence-corrected chi connectivity index (χ4v) is 2.15. The average molecular weight is 267 g/mol. The van der Waals surface area contributed by atoms with Gasteiger partial charge in [-0.15, -0.1) is 0 Å². The SMILES string of the molecule is CP(=O)(O)NC(CCCCCC(=O)O)C(=O)O. The van der Waals surface area contributed by atoms with Crippen LogP contribution < -0.4 is 5.09 Å². The van der Waals surface area contributed by atoms with Gasteiger partial charge in [0.2, 0.25) is 0 Å². The van der Waals surface area contributed by atoms with Crippen LogP contribution in [0.1, 0.15) is 32.1 Å². The highest BCUT2D eigenvalue weighted by atomic mass is 31.2. The Morgan fingerprint density at radius 3 is 2.24 bits per heavy atom. The van der Waals surface area contributed by atoms with Crippen LogP contribution in [0.5, 0.6) is 0 Å². The number of carboxylic acids is 2. The van der Waals surface area contributed by atoms with Crippen LogP contribution in [0.2, 0.25) is 0 Å². The van der Waals surface area contributed by atoms with Crippen LogP contribution >= 0.6 is 7.52 Å². The van der Waals surface area contributed by atoms with Crippen molar-refractivity contribution in [2.24, 2.45) is 0 Å². The van der Waals surface area contributed by atoms with Gasteiger partial charge >= 0.3 is 11.9 Å². The summed E-state index contributed by atoms with van der Waals surface area (Å²) in [5.41, 5.74) is 0. The molecule has 0 aliphatic rings. The van der Waals surface area contributed by atoms with Crippen LogP contribution in [0.4, 0.5) is 0 Å². The first-order valence-corrected chi connectivity index (χ1v) is 7.35. The van der Waals surface area contributed by atoms with Crippen LogP contribution in [0.15, 0.2) is 0 Å². The fraction of sp³-hybridized carbons (Fsp3) is 0.778. The van der Waals surface area contributed by atoms with E-state index in [0.29, 0.717) is 19.3 Å². The molecule has 0 rings (SSSR count). The zero-order chi connectivity index (χ0) is 13.5. The van der Waals surface area contributed by atoms with Crippen LogP contribution in [-0.2, 0) is 14.2 Å². The van der Waals surface area contributed by atoms with Gasteiger partial charge in [-0.2, -0.15) is 0 Å². The summed E-state index contributed by atoms with van der Waals surface area (Å²) in [6.45, 7) is 1.04. The lowest BCUT2D eigenvalue weighted by Gasteiger charge is -2.16. The smallest absolute Gasteiger partial charge is 0.321 e. The van der Waals surface area contributed by atoms with Crippen molar-refractivity contribution < 1.29 is 29.3 Å². The predicted octanol–water partition coefficient (Wildman–Crippen LogP) is 0.879. The van der Waals surface area contributed by atoms with Gasteiger partial charge in [-0.3, -0.25) is 14.2 Å². The van der Waals surface area contributed by atoms with Crippen LogP contribution in [-0.4, -0.2) is 39.8 Å². The Kier molecular flexibility index (Phi) is 7.03. The highest BCUT2D eigenvalue weighted by Gasteiger charge is 2.23. The van der Waals surface area contributed by atoms with Crippen LogP contribution in [0.25, 0.3) is 0 Å². The maximum atomic E-state index is 11.0. The van der Waals surface area contributed by atoms with Crippen molar-refractivity contribution in [1.29, 1.82) is 0 Å². The maximum Gasteiger partial charge on any atom is 0.321 e. The van der Waals surface area contributed by atoms with Crippen molar-refractivity contribution in [2.45, 2.75) is 38.1 Å². The molecule has 2 atom stereocenters. The van der Waals surface area contributed by atoms with E-state index in [4.69, 9.17) is 15.1 Å². The molecule has 0 fully saturated rings. The van der Waals surface area contributed by atoms with E-state index < -0.39 is 25.5 Å². The van der Waals surface area contributed by atoms with Crippen molar-refractivity contribution in [1.82, 2.24) is 5.09 Å². The van der Waals surface area contributed by atoms with Gasteiger partial charge in [0.25, 0.3) is 7.52 Å². The molecule has 4 N–H and O–H groups in total. The Balaban J connectivity index is 3.91. The molecule has 0 amide bonds. The summed E-state index contributed by atoms with van der Waals surface area (Å²) in [5.74, 6) is -2.06. The van der Waals surface area contributed by atoms with Gasteiger partial charge in [-0.1, -0.05) is 12.8 Å². The lowest BCUT2D eigenvalue weighted by atomic mass is 10.1. The molecule has 0 spiro atoms. The maximum absolute atomic E-state index is 11.0. The molecular formula is C9H18NO6P. The number of aliphatic carboxylic acids is 2. The monoisotopic (exact) mass is 267 g/mol. The van der Waals surface area contributed by atoms with E-state index in [1.807, 2.05) is 0 Å². The van der Waals surface area contributed by atoms with Gasteiger partial charge in [0.05, 0.1) is 0 Å². The van der Waals surface area contributed by atoms with E-state index in [1.54, 1.807) is 0 Å². The van der Waals surface area contributed by atoms with Gasteiger partial charge < -0.3 is 15.1 Å². The number of hydrogen-bond donors (Lipinski definition) is 4. The zero-order valence-electron chi connectivity index (χ0n) is 9.63. The molecule has 0 radical (unpaired) electrons. The lowest BCUT2D eigenvalue weighted by Crippen LogP contribution is -2.34. The Labute approximate surface area is 99.3 Å². The fourth-order valence-electron chi connectivity index (χ4n) is 1.33. The van der Waals surface area contributed by atoms with Crippen LogP contribution in [0.3, 0.4) is 0 Å². The summed E-state index contributed by atoms with van der Waals surface area (Å²) in [6.07, 6.45) is 1.81. The van der Waals surface area contributed by atoms with Crippen molar-refractivity contribution >= 4 is 19.5 Å². The van der Waals surface area contributed by atoms with Gasteiger partial charge in [-0.25, -0.2) is 5.09 Å². The van der Waals surface area contributed by atoms with Gasteiger partial charge in [-0.05, 0) is 12.8 Å². The first-order valence-electron chi connectivity index (χ1n) is 5.25. The second-order valence-electron chi connectivity index (χ2n) is 3.89. The van der Waals surface area contributed by atoms with Crippen molar-refractivity contribution in [3.05, 3.63) is 0 Å². The van der Waals surface area contributed by atoms with E-state index in [1.165, 1.54) is 0 Å². The van der Waals surface area contributed by atoms with E-state index in [-0.39, 0.29) is 12.8 Å². The standard InChI is InChI=1S/C9H18NO6P/c1-17(15,16)10-7(9(13)14)5-3-2-4-6-8(11)12/h7H,2-6H2,1H3,(H,11,12)(H,13,14)(H2,10,15,16). The molecule has 0 aliphatic heterocycles. The number of unbranched alkanes of at least 4 members (excludes halogenated alkanes) is 2. The molecule has 0 saturated carbocycles. The van der Waals surface area contributed by atoms with E-state index in [9.17, 15) is 14.2 Å². The van der Waals surface area contributed by atoms with Crippen LogP contribution in [0, 0.1) is 0 Å². The number of hydrogen-bond acceptors (Lipinski definition) is 3. The summed E-state index contributed by atoms with van der Waals surface area (Å²) >= 11 is 0. The second-order valence-corrected chi connectivity index (χ2v) is 5.91. The molecule has 17 heavy (non-hydrogen) atoms. The summed E-state index contributed by atoms with van der Waals surface area (Å²) < 4.78 is 11.0. The second kappa shape index (κ2) is 7.42. The first-order chi connectivity index (χ1) is 7.72. The largest absolute Gasteiger partial charge is 0.481 e. The van der Waals surface area contributed by atoms with Gasteiger partial charge in [0, 0.05) is 13.1 Å². The van der Waals surface area contributed by atoms with Gasteiger partial charge in [0.1, 0.15) is 6.04 Å². The lowest BCUT2D eigenvalue weighted by molar-refractivity contribution is -0.139. The van der Waals surface area contributed by atoms with E-state index in [0.717, 1.165) is 6.66 Å². The summed E-state index contributed by atoms with van der Waals surface area (Å²) in [5, 5.41) is 19.3. The normalized spacial score (nSPS) is 16.1. The molecule has 0 bridgehead atoms. The third-order valence-electron chi connectivity index (χ3n) is 2.08. The molecule has 100 valence electrons. The van der Waals surface area contributed by atoms with Gasteiger partial charge in [0.15, 0.2) is 0 Å². The minimum absolute atomic E-state index is 0.0530. The molecule has 0 aliphatic carbocycles. The molecule has 0 aromatic heterocycles. The summed E-state index contributed by atoms with van der Waals surface area (Å²) in [7, 11) is -3.57. The Morgan fingerprint density at radius 2 is 1.82 bits per heavy atom. The Morgan fingerprint density at radius 1 is 1.24 bits per heavy atom. The van der Waals surface area contributed by atoms with Crippen molar-refractivity contribution in [3.63, 3.8) is 0 Å². The molecule has 7 nitrogen and oxygen atoms in total. The summed E-state index contributed by atoms with van der Waals surface area (Å²) in [6, 6.07) is -1.07. The molecular weight excluding hydrogens is 249 g/mol. The third-order valence-corrected chi connectivity index (χ3v) is 2.87. The zero-order valence-corrected chi connectivity index (χ0v) is 10.5. The van der Waals surface area contributed by atoms with E-state index >= 15 is 0 Å². The quantitative estimate of drug-likeness (QED) is 0.361. The molecule has 0 saturated heterocycles. The molecule has 0 heterocycles. The number of carboxylic acid groups (broad SMARTS) is 2. The molecule has 0 aromatic rings. The Bertz CT molecular complexity index is 313. The number of rotatable bonds is 9. The highest BCUT2D eigenvalue weighted by Crippen LogP contribution is 2.30. The minimum Gasteiger partial charge on any atom is -0.481 e. The average Bonchev–Trinajstić information content (AvgIpc) is 2.12. The number of carbonyl (C=O) groups is 2. The highest BCUT2D eigenvalue weighted by molar-refractivity contribution is 7.55. The first kappa shape index (κ1) is 16.1.